The summed E-state index contributed by atoms with van der Waals surface area (Å²) in [5, 5.41) is 12.2. The Morgan fingerprint density at radius 3 is 2.25 bits per heavy atom. The van der Waals surface area contributed by atoms with E-state index < -0.39 is 0 Å². The Labute approximate surface area is 104 Å². The molecule has 2 rings (SSSR count). The fourth-order valence-electron chi connectivity index (χ4n) is 3.12. The summed E-state index contributed by atoms with van der Waals surface area (Å²) in [5.74, 6) is 0. The van der Waals surface area contributed by atoms with E-state index in [-0.39, 0.29) is 5.60 Å². The van der Waals surface area contributed by atoms with Gasteiger partial charge in [0.15, 0.2) is 0 Å². The molecular weight excluding hydrogens is 218 g/mol. The third-order valence-electron chi connectivity index (χ3n) is 4.20. The van der Waals surface area contributed by atoms with Gasteiger partial charge in [-0.2, -0.15) is 11.8 Å². The normalized spacial score (nSPS) is 38.2. The molecule has 0 spiro atoms. The molecule has 0 saturated carbocycles. The quantitative estimate of drug-likeness (QED) is 0.802. The fourth-order valence-corrected chi connectivity index (χ4v) is 5.02. The Balaban J connectivity index is 1.83. The van der Waals surface area contributed by atoms with Crippen molar-refractivity contribution in [3.05, 3.63) is 0 Å². The van der Waals surface area contributed by atoms with Crippen molar-refractivity contribution in [1.82, 2.24) is 4.90 Å². The second-order valence-corrected chi connectivity index (χ2v) is 6.97. The number of rotatable bonds is 5. The lowest BCUT2D eigenvalue weighted by atomic mass is 9.90. The van der Waals surface area contributed by atoms with Crippen molar-refractivity contribution in [3.63, 3.8) is 0 Å². The smallest absolute Gasteiger partial charge is 0.0681 e. The first kappa shape index (κ1) is 12.7. The Morgan fingerprint density at radius 2 is 1.75 bits per heavy atom. The zero-order valence-electron chi connectivity index (χ0n) is 10.6. The maximum atomic E-state index is 10.7. The summed E-state index contributed by atoms with van der Waals surface area (Å²) in [4.78, 5) is 2.42. The van der Waals surface area contributed by atoms with Crippen LogP contribution in [0.25, 0.3) is 0 Å². The van der Waals surface area contributed by atoms with Crippen molar-refractivity contribution in [2.75, 3.05) is 19.6 Å². The van der Waals surface area contributed by atoms with Gasteiger partial charge in [0.05, 0.1) is 5.60 Å². The number of aliphatic hydroxyl groups is 1. The van der Waals surface area contributed by atoms with Crippen LogP contribution in [0.5, 0.6) is 0 Å². The van der Waals surface area contributed by atoms with Crippen LogP contribution in [-0.4, -0.2) is 45.7 Å². The summed E-state index contributed by atoms with van der Waals surface area (Å²) in [5.41, 5.74) is -0.348. The fraction of sp³-hybridized carbons (Fsp3) is 1.00. The molecule has 2 aliphatic rings. The SMILES string of the molecule is CCN(CC)CCC1(O)CC2CCC(C1)S2. The van der Waals surface area contributed by atoms with E-state index in [0.29, 0.717) is 0 Å². The Bertz CT molecular complexity index is 218. The number of hydrogen-bond acceptors (Lipinski definition) is 3. The highest BCUT2D eigenvalue weighted by atomic mass is 32.2. The van der Waals surface area contributed by atoms with E-state index in [4.69, 9.17) is 0 Å². The summed E-state index contributed by atoms with van der Waals surface area (Å²) < 4.78 is 0. The minimum Gasteiger partial charge on any atom is -0.390 e. The molecule has 0 aromatic heterocycles. The van der Waals surface area contributed by atoms with Crippen LogP contribution in [0.4, 0.5) is 0 Å². The van der Waals surface area contributed by atoms with Gasteiger partial charge in [0, 0.05) is 17.0 Å². The van der Waals surface area contributed by atoms with Crippen molar-refractivity contribution in [3.8, 4) is 0 Å². The molecule has 0 aromatic rings. The van der Waals surface area contributed by atoms with Crippen LogP contribution < -0.4 is 0 Å². The van der Waals surface area contributed by atoms with Gasteiger partial charge in [-0.15, -0.1) is 0 Å². The second-order valence-electron chi connectivity index (χ2n) is 5.37. The molecule has 3 heteroatoms. The molecule has 0 amide bonds. The summed E-state index contributed by atoms with van der Waals surface area (Å²) in [7, 11) is 0. The molecular formula is C13H25NOS. The van der Waals surface area contributed by atoms with Crippen molar-refractivity contribution in [2.24, 2.45) is 0 Å². The zero-order chi connectivity index (χ0) is 11.6. The van der Waals surface area contributed by atoms with E-state index in [9.17, 15) is 5.11 Å². The predicted octanol–water partition coefficient (Wildman–Crippen LogP) is 2.51. The Kier molecular flexibility index (Phi) is 4.20. The maximum Gasteiger partial charge on any atom is 0.0681 e. The molecule has 2 nitrogen and oxygen atoms in total. The summed E-state index contributed by atoms with van der Waals surface area (Å²) in [6.07, 6.45) is 5.72. The van der Waals surface area contributed by atoms with Crippen LogP contribution in [0.3, 0.4) is 0 Å². The van der Waals surface area contributed by atoms with Gasteiger partial charge in [-0.05, 0) is 45.2 Å². The lowest BCUT2D eigenvalue weighted by Crippen LogP contribution is -2.40. The molecule has 2 unspecified atom stereocenters. The third kappa shape index (κ3) is 2.93. The largest absolute Gasteiger partial charge is 0.390 e. The summed E-state index contributed by atoms with van der Waals surface area (Å²) >= 11 is 2.13. The van der Waals surface area contributed by atoms with Crippen molar-refractivity contribution in [2.45, 2.75) is 62.1 Å². The lowest BCUT2D eigenvalue weighted by molar-refractivity contribution is 0.00711. The number of fused-ring (bicyclic) bond motifs is 2. The topological polar surface area (TPSA) is 23.5 Å². The van der Waals surface area contributed by atoms with E-state index in [1.165, 1.54) is 12.8 Å². The van der Waals surface area contributed by atoms with Crippen molar-refractivity contribution < 1.29 is 5.11 Å². The van der Waals surface area contributed by atoms with Gasteiger partial charge < -0.3 is 10.0 Å². The van der Waals surface area contributed by atoms with Crippen LogP contribution in [0, 0.1) is 0 Å². The van der Waals surface area contributed by atoms with Crippen molar-refractivity contribution >= 4 is 11.8 Å². The van der Waals surface area contributed by atoms with Crippen LogP contribution in [0.1, 0.15) is 46.0 Å². The van der Waals surface area contributed by atoms with Crippen LogP contribution in [0.2, 0.25) is 0 Å². The molecule has 0 aliphatic carbocycles. The zero-order valence-corrected chi connectivity index (χ0v) is 11.4. The maximum absolute atomic E-state index is 10.7. The van der Waals surface area contributed by atoms with Gasteiger partial charge in [-0.25, -0.2) is 0 Å². The number of hydrogen-bond donors (Lipinski definition) is 1. The van der Waals surface area contributed by atoms with E-state index in [1.54, 1.807) is 0 Å². The molecule has 2 atom stereocenters. The van der Waals surface area contributed by atoms with Gasteiger partial charge >= 0.3 is 0 Å². The van der Waals surface area contributed by atoms with Gasteiger partial charge in [-0.1, -0.05) is 13.8 Å². The molecule has 2 aliphatic heterocycles. The molecule has 1 N–H and O–H groups in total. The third-order valence-corrected chi connectivity index (χ3v) is 5.77. The predicted molar refractivity (Wildman–Crippen MR) is 71.0 cm³/mol. The van der Waals surface area contributed by atoms with E-state index in [0.717, 1.165) is 49.4 Å². The van der Waals surface area contributed by atoms with Crippen LogP contribution in [0.15, 0.2) is 0 Å². The van der Waals surface area contributed by atoms with Gasteiger partial charge in [0.2, 0.25) is 0 Å². The summed E-state index contributed by atoms with van der Waals surface area (Å²) in [6, 6.07) is 0. The lowest BCUT2D eigenvalue weighted by Gasteiger charge is -2.37. The van der Waals surface area contributed by atoms with Crippen LogP contribution in [-0.2, 0) is 0 Å². The first-order valence-corrected chi connectivity index (χ1v) is 7.69. The monoisotopic (exact) mass is 243 g/mol. The minimum absolute atomic E-state index is 0.348. The molecule has 2 heterocycles. The van der Waals surface area contributed by atoms with E-state index in [1.807, 2.05) is 0 Å². The van der Waals surface area contributed by atoms with Crippen LogP contribution >= 0.6 is 11.8 Å². The molecule has 0 aromatic carbocycles. The number of nitrogens with zero attached hydrogens (tertiary/aromatic N) is 1. The molecule has 2 fully saturated rings. The Hall–Kier alpha value is 0.270. The first-order valence-electron chi connectivity index (χ1n) is 6.75. The second kappa shape index (κ2) is 5.28. The minimum atomic E-state index is -0.348. The molecule has 0 radical (unpaired) electrons. The first-order chi connectivity index (χ1) is 7.65. The highest BCUT2D eigenvalue weighted by Gasteiger charge is 2.42. The molecule has 2 bridgehead atoms. The van der Waals surface area contributed by atoms with Gasteiger partial charge in [0.25, 0.3) is 0 Å². The summed E-state index contributed by atoms with van der Waals surface area (Å²) in [6.45, 7) is 7.68. The number of thioether (sulfide) groups is 1. The van der Waals surface area contributed by atoms with E-state index in [2.05, 4.69) is 30.5 Å². The highest BCUT2D eigenvalue weighted by Crippen LogP contribution is 2.48. The molecule has 2 saturated heterocycles. The van der Waals surface area contributed by atoms with Gasteiger partial charge in [-0.3, -0.25) is 0 Å². The van der Waals surface area contributed by atoms with E-state index >= 15 is 0 Å². The molecule has 94 valence electrons. The average Bonchev–Trinajstić information content (AvgIpc) is 2.60. The van der Waals surface area contributed by atoms with Gasteiger partial charge in [0.1, 0.15) is 0 Å². The average molecular weight is 243 g/mol. The molecule has 16 heavy (non-hydrogen) atoms. The van der Waals surface area contributed by atoms with Crippen molar-refractivity contribution in [1.29, 1.82) is 0 Å². The standard InChI is InChI=1S/C13H25NOS/c1-3-14(4-2)8-7-13(15)9-11-5-6-12(10-13)16-11/h11-12,15H,3-10H2,1-2H3. The Morgan fingerprint density at radius 1 is 1.19 bits per heavy atom. The highest BCUT2D eigenvalue weighted by molar-refractivity contribution is 8.00.